The molecule has 1 aromatic heterocycles. The van der Waals surface area contributed by atoms with Crippen molar-refractivity contribution in [2.24, 2.45) is 18.4 Å². The molecule has 1 atom stereocenters. The van der Waals surface area contributed by atoms with Crippen LogP contribution >= 0.6 is 0 Å². The summed E-state index contributed by atoms with van der Waals surface area (Å²) in [6, 6.07) is 10.2. The van der Waals surface area contributed by atoms with Crippen molar-refractivity contribution in [1.29, 1.82) is 0 Å². The Kier molecular flexibility index (Phi) is 8.65. The second kappa shape index (κ2) is 12.4. The van der Waals surface area contributed by atoms with E-state index in [-0.39, 0.29) is 35.5 Å². The number of rotatable bonds is 9. The number of alkyl halides is 3. The normalized spacial score (nSPS) is 23.8. The molecule has 1 saturated carbocycles. The van der Waals surface area contributed by atoms with Crippen LogP contribution in [0.4, 0.5) is 18.9 Å². The predicted octanol–water partition coefficient (Wildman–Crippen LogP) is 4.69. The van der Waals surface area contributed by atoms with Gasteiger partial charge < -0.3 is 24.4 Å². The average Bonchev–Trinajstić information content (AvgIpc) is 3.73. The van der Waals surface area contributed by atoms with E-state index in [9.17, 15) is 22.8 Å². The number of aromatic nitrogens is 3. The van der Waals surface area contributed by atoms with Gasteiger partial charge in [-0.3, -0.25) is 9.59 Å². The number of aryl methyl sites for hydroxylation is 1. The first kappa shape index (κ1) is 32.7. The van der Waals surface area contributed by atoms with E-state index in [1.807, 2.05) is 29.8 Å². The maximum absolute atomic E-state index is 14.5. The van der Waals surface area contributed by atoms with Crippen LogP contribution in [0.2, 0.25) is 0 Å². The van der Waals surface area contributed by atoms with Crippen LogP contribution < -0.4 is 10.2 Å². The van der Waals surface area contributed by atoms with E-state index >= 15 is 0 Å². The highest BCUT2D eigenvalue weighted by Crippen LogP contribution is 2.52. The number of methoxy groups -OCH3 is 1. The minimum absolute atomic E-state index is 0.0187. The van der Waals surface area contributed by atoms with E-state index in [1.165, 1.54) is 4.90 Å². The van der Waals surface area contributed by atoms with E-state index in [0.29, 0.717) is 49.8 Å². The van der Waals surface area contributed by atoms with Crippen molar-refractivity contribution in [3.63, 3.8) is 0 Å². The molecular weight excluding hydrogens is 609 g/mol. The number of halogens is 3. The van der Waals surface area contributed by atoms with Crippen LogP contribution in [0.1, 0.15) is 71.5 Å². The molecule has 3 aromatic rings. The summed E-state index contributed by atoms with van der Waals surface area (Å²) >= 11 is 0. The number of hydrogen-bond donors (Lipinski definition) is 1. The van der Waals surface area contributed by atoms with Gasteiger partial charge in [-0.05, 0) is 79.0 Å². The number of carbonyl (C=O) groups is 2. The van der Waals surface area contributed by atoms with Gasteiger partial charge in [-0.25, -0.2) is 0 Å². The molecule has 0 unspecified atom stereocenters. The molecule has 2 aromatic carbocycles. The molecule has 12 heteroatoms. The average molecular weight is 649 g/mol. The Hall–Kier alpha value is -4.21. The van der Waals surface area contributed by atoms with Gasteiger partial charge in [0.2, 0.25) is 0 Å². The summed E-state index contributed by atoms with van der Waals surface area (Å²) in [6.45, 7) is 5.49. The Labute approximate surface area is 272 Å². The number of carbonyl (C=O) groups excluding carboxylic acids is 2. The number of benzene rings is 2. The smallest absolute Gasteiger partial charge is 0.384 e. The van der Waals surface area contributed by atoms with Gasteiger partial charge >= 0.3 is 6.18 Å². The molecule has 47 heavy (non-hydrogen) atoms. The fourth-order valence-electron chi connectivity index (χ4n) is 7.78. The van der Waals surface area contributed by atoms with E-state index in [2.05, 4.69) is 34.3 Å². The van der Waals surface area contributed by atoms with Crippen LogP contribution in [-0.2, 0) is 41.3 Å². The summed E-state index contributed by atoms with van der Waals surface area (Å²) in [4.78, 5) is 29.3. The third-order valence-corrected chi connectivity index (χ3v) is 9.89. The first-order chi connectivity index (χ1) is 22.4. The molecular formula is C35H39F3N6O3. The molecule has 3 aliphatic rings. The highest BCUT2D eigenvalue weighted by molar-refractivity contribution is 6.10. The van der Waals surface area contributed by atoms with Gasteiger partial charge in [0.05, 0.1) is 24.1 Å². The van der Waals surface area contributed by atoms with Gasteiger partial charge in [-0.1, -0.05) is 25.0 Å². The zero-order valence-corrected chi connectivity index (χ0v) is 27.1. The van der Waals surface area contributed by atoms with Crippen molar-refractivity contribution in [3.05, 3.63) is 76.4 Å². The summed E-state index contributed by atoms with van der Waals surface area (Å²) in [5.41, 5.74) is 0.338. The number of hydrogen-bond acceptors (Lipinski definition) is 6. The van der Waals surface area contributed by atoms with Crippen molar-refractivity contribution in [3.8, 4) is 11.8 Å². The maximum Gasteiger partial charge on any atom is 0.416 e. The Morgan fingerprint density at radius 3 is 2.66 bits per heavy atom. The minimum Gasteiger partial charge on any atom is -0.384 e. The highest BCUT2D eigenvalue weighted by atomic mass is 19.4. The molecule has 6 rings (SSSR count). The Bertz CT molecular complexity index is 1750. The third kappa shape index (κ3) is 6.03. The second-order valence-electron chi connectivity index (χ2n) is 13.4. The van der Waals surface area contributed by atoms with E-state index in [1.54, 1.807) is 37.4 Å². The molecule has 9 nitrogen and oxygen atoms in total. The summed E-state index contributed by atoms with van der Waals surface area (Å²) in [6.07, 6.45) is -0.581. The topological polar surface area (TPSA) is 92.6 Å². The zero-order valence-electron chi connectivity index (χ0n) is 27.1. The first-order valence-electron chi connectivity index (χ1n) is 15.8. The van der Waals surface area contributed by atoms with Crippen LogP contribution in [0.25, 0.3) is 0 Å². The highest BCUT2D eigenvalue weighted by Gasteiger charge is 2.49. The van der Waals surface area contributed by atoms with Gasteiger partial charge in [0.1, 0.15) is 12.2 Å². The number of amides is 2. The van der Waals surface area contributed by atoms with Crippen LogP contribution in [-0.4, -0.2) is 64.8 Å². The zero-order chi connectivity index (χ0) is 33.6. The van der Waals surface area contributed by atoms with E-state index in [4.69, 9.17) is 4.74 Å². The molecule has 2 fully saturated rings. The molecule has 2 aliphatic heterocycles. The lowest BCUT2D eigenvalue weighted by atomic mass is 9.58. The molecule has 1 aliphatic carbocycles. The molecule has 0 spiro atoms. The van der Waals surface area contributed by atoms with Gasteiger partial charge in [0, 0.05) is 57.0 Å². The summed E-state index contributed by atoms with van der Waals surface area (Å²) in [7, 11) is 3.49. The Morgan fingerprint density at radius 2 is 2.00 bits per heavy atom. The molecule has 1 saturated heterocycles. The third-order valence-electron chi connectivity index (χ3n) is 9.89. The van der Waals surface area contributed by atoms with Crippen LogP contribution in [0, 0.1) is 23.2 Å². The minimum atomic E-state index is -4.64. The maximum atomic E-state index is 14.5. The first-order valence-corrected chi connectivity index (χ1v) is 15.8. The van der Waals surface area contributed by atoms with Crippen LogP contribution in [0.3, 0.4) is 0 Å². The van der Waals surface area contributed by atoms with Crippen LogP contribution in [0.5, 0.6) is 0 Å². The van der Waals surface area contributed by atoms with Gasteiger partial charge in [0.25, 0.3) is 11.8 Å². The number of nitrogens with one attached hydrogen (secondary N) is 1. The molecule has 2 amide bonds. The van der Waals surface area contributed by atoms with Crippen molar-refractivity contribution in [2.75, 3.05) is 38.3 Å². The van der Waals surface area contributed by atoms with Crippen molar-refractivity contribution < 1.29 is 27.5 Å². The fourth-order valence-corrected chi connectivity index (χ4v) is 7.78. The van der Waals surface area contributed by atoms with Gasteiger partial charge in [-0.15, -0.1) is 10.2 Å². The van der Waals surface area contributed by atoms with E-state index in [0.717, 1.165) is 30.3 Å². The SMILES string of the molecule is CC#CC(=O)N1CC[C@@](CNCc2cc3c(c(C(F)(F)F)c2)CN(c2cccc(C4(c5nncn5C)CC(C)C4)c2)C3=O)(COC)C1. The van der Waals surface area contributed by atoms with E-state index < -0.39 is 23.1 Å². The number of nitrogens with zero attached hydrogens (tertiary/aromatic N) is 5. The Balaban J connectivity index is 1.24. The summed E-state index contributed by atoms with van der Waals surface area (Å²) in [5, 5.41) is 11.8. The van der Waals surface area contributed by atoms with Crippen molar-refractivity contribution in [2.45, 2.75) is 57.8 Å². The molecule has 248 valence electrons. The molecule has 1 N–H and O–H groups in total. The lowest BCUT2D eigenvalue weighted by molar-refractivity contribution is -0.138. The number of likely N-dealkylation sites (tertiary alicyclic amines) is 1. The summed E-state index contributed by atoms with van der Waals surface area (Å²) in [5.74, 6) is 5.79. The van der Waals surface area contributed by atoms with Gasteiger partial charge in [0.15, 0.2) is 0 Å². The number of ether oxygens (including phenoxy) is 1. The fraction of sp³-hybridized carbons (Fsp3) is 0.486. The molecule has 0 radical (unpaired) electrons. The summed E-state index contributed by atoms with van der Waals surface area (Å²) < 4.78 is 50.8. The van der Waals surface area contributed by atoms with Crippen molar-refractivity contribution >= 4 is 17.5 Å². The number of anilines is 1. The van der Waals surface area contributed by atoms with Gasteiger partial charge in [-0.2, -0.15) is 13.2 Å². The standard InChI is InChI=1S/C35H39F3N6O3/c1-5-7-30(45)43-11-10-33(20-43,21-47-4)19-39-17-24-12-27-28(29(13-24)35(36,37)38)18-44(31(27)46)26-9-6-8-25(14-26)34(15-23(2)16-34)32-41-40-22-42(32)3/h6,8-9,12-14,22-23,39H,10-11,15-21H2,1-4H3/t23?,33-,34?/m0/s1. The number of fused-ring (bicyclic) bond motifs is 1. The lowest BCUT2D eigenvalue weighted by Gasteiger charge is -2.46. The quantitative estimate of drug-likeness (QED) is 0.339. The largest absolute Gasteiger partial charge is 0.416 e. The Morgan fingerprint density at radius 1 is 1.21 bits per heavy atom. The predicted molar refractivity (Wildman–Crippen MR) is 169 cm³/mol. The molecule has 0 bridgehead atoms. The van der Waals surface area contributed by atoms with Crippen molar-refractivity contribution in [1.82, 2.24) is 25.0 Å². The molecule has 3 heterocycles. The lowest BCUT2D eigenvalue weighted by Crippen LogP contribution is -2.43. The monoisotopic (exact) mass is 648 g/mol. The second-order valence-corrected chi connectivity index (χ2v) is 13.4. The van der Waals surface area contributed by atoms with Crippen LogP contribution in [0.15, 0.2) is 42.7 Å².